The summed E-state index contributed by atoms with van der Waals surface area (Å²) >= 11 is 1.38. The number of thioether (sulfide) groups is 1. The minimum atomic E-state index is -0.0126. The van der Waals surface area contributed by atoms with Gasteiger partial charge in [0.1, 0.15) is 5.75 Å². The van der Waals surface area contributed by atoms with E-state index in [9.17, 15) is 4.79 Å². The summed E-state index contributed by atoms with van der Waals surface area (Å²) in [6, 6.07) is 19.9. The quantitative estimate of drug-likeness (QED) is 0.396. The van der Waals surface area contributed by atoms with E-state index in [-0.39, 0.29) is 17.7 Å². The first kappa shape index (κ1) is 22.2. The zero-order chi connectivity index (χ0) is 23.3. The molecule has 0 spiro atoms. The molecule has 7 nitrogen and oxygen atoms in total. The molecular weight excluding hydrogens is 446 g/mol. The summed E-state index contributed by atoms with van der Waals surface area (Å²) in [6.07, 6.45) is 6.56. The van der Waals surface area contributed by atoms with Crippen molar-refractivity contribution >= 4 is 17.7 Å². The third-order valence-corrected chi connectivity index (χ3v) is 6.87. The molecule has 0 saturated heterocycles. The van der Waals surface area contributed by atoms with E-state index in [0.717, 1.165) is 36.3 Å². The standard InChI is InChI=1S/C26H25N5O2S/c1-33-21-11-9-20(10-12-21)31-25(19-13-15-27-16-14-19)29-30-26(31)34-17-24(32)28-23-8-4-6-18-5-2-3-7-22(18)23/h2-3,5,7,9-16,23H,4,6,8,17H2,1H3,(H,28,32). The Kier molecular flexibility index (Phi) is 6.58. The molecule has 0 aliphatic heterocycles. The summed E-state index contributed by atoms with van der Waals surface area (Å²) in [5, 5.41) is 12.7. The number of carbonyl (C=O) groups is 1. The lowest BCUT2D eigenvalue weighted by atomic mass is 9.88. The molecule has 0 fully saturated rings. The number of hydrogen-bond donors (Lipinski definition) is 1. The minimum absolute atomic E-state index is 0.0126. The van der Waals surface area contributed by atoms with Crippen LogP contribution in [0.2, 0.25) is 0 Å². The Balaban J connectivity index is 1.36. The Bertz CT molecular complexity index is 1270. The number of carbonyl (C=O) groups excluding carboxylic acids is 1. The van der Waals surface area contributed by atoms with Gasteiger partial charge in [-0.05, 0) is 66.8 Å². The van der Waals surface area contributed by atoms with E-state index >= 15 is 0 Å². The van der Waals surface area contributed by atoms with Crippen LogP contribution in [-0.4, -0.2) is 38.5 Å². The number of nitrogens with zero attached hydrogens (tertiary/aromatic N) is 4. The van der Waals surface area contributed by atoms with Gasteiger partial charge in [0.2, 0.25) is 5.91 Å². The molecule has 1 N–H and O–H groups in total. The van der Waals surface area contributed by atoms with Gasteiger partial charge in [0, 0.05) is 23.6 Å². The fourth-order valence-electron chi connectivity index (χ4n) is 4.29. The molecule has 0 saturated carbocycles. The van der Waals surface area contributed by atoms with Crippen molar-refractivity contribution in [3.05, 3.63) is 84.2 Å². The third-order valence-electron chi connectivity index (χ3n) is 5.94. The van der Waals surface area contributed by atoms with Crippen LogP contribution in [0.4, 0.5) is 0 Å². The second-order valence-electron chi connectivity index (χ2n) is 8.08. The van der Waals surface area contributed by atoms with Gasteiger partial charge >= 0.3 is 0 Å². The van der Waals surface area contributed by atoms with Gasteiger partial charge < -0.3 is 10.1 Å². The highest BCUT2D eigenvalue weighted by atomic mass is 32.2. The molecule has 1 aliphatic rings. The van der Waals surface area contributed by atoms with Crippen molar-refractivity contribution in [2.24, 2.45) is 0 Å². The first-order chi connectivity index (χ1) is 16.7. The zero-order valence-corrected chi connectivity index (χ0v) is 19.7. The highest BCUT2D eigenvalue weighted by molar-refractivity contribution is 7.99. The van der Waals surface area contributed by atoms with Crippen LogP contribution in [0.5, 0.6) is 5.75 Å². The third kappa shape index (κ3) is 4.68. The van der Waals surface area contributed by atoms with E-state index in [0.29, 0.717) is 11.0 Å². The van der Waals surface area contributed by atoms with Crippen LogP contribution in [-0.2, 0) is 11.2 Å². The number of rotatable bonds is 7. The predicted octanol–water partition coefficient (Wildman–Crippen LogP) is 4.62. The van der Waals surface area contributed by atoms with Gasteiger partial charge in [-0.3, -0.25) is 14.3 Å². The number of ether oxygens (including phenoxy) is 1. The molecule has 34 heavy (non-hydrogen) atoms. The molecule has 1 aliphatic carbocycles. The molecule has 1 unspecified atom stereocenters. The number of fused-ring (bicyclic) bond motifs is 1. The molecule has 2 aromatic carbocycles. The van der Waals surface area contributed by atoms with Crippen LogP contribution in [0, 0.1) is 0 Å². The van der Waals surface area contributed by atoms with Crippen molar-refractivity contribution < 1.29 is 9.53 Å². The normalized spacial score (nSPS) is 14.9. The number of benzene rings is 2. The Morgan fingerprint density at radius 3 is 2.68 bits per heavy atom. The lowest BCUT2D eigenvalue weighted by Crippen LogP contribution is -2.32. The average Bonchev–Trinajstić information content (AvgIpc) is 3.32. The lowest BCUT2D eigenvalue weighted by Gasteiger charge is -2.26. The SMILES string of the molecule is COc1ccc(-n2c(SCC(=O)NC3CCCc4ccccc43)nnc2-c2ccncc2)cc1. The molecule has 172 valence electrons. The van der Waals surface area contributed by atoms with E-state index in [1.165, 1.54) is 22.9 Å². The predicted molar refractivity (Wildman–Crippen MR) is 132 cm³/mol. The van der Waals surface area contributed by atoms with Gasteiger partial charge in [0.25, 0.3) is 0 Å². The van der Waals surface area contributed by atoms with Crippen molar-refractivity contribution in [2.45, 2.75) is 30.5 Å². The Morgan fingerprint density at radius 2 is 1.88 bits per heavy atom. The minimum Gasteiger partial charge on any atom is -0.497 e. The molecular formula is C26H25N5O2S. The smallest absolute Gasteiger partial charge is 0.230 e. The number of hydrogen-bond acceptors (Lipinski definition) is 6. The molecule has 2 aromatic heterocycles. The molecule has 0 bridgehead atoms. The van der Waals surface area contributed by atoms with Gasteiger partial charge in [-0.1, -0.05) is 36.0 Å². The van der Waals surface area contributed by atoms with Crippen molar-refractivity contribution in [2.75, 3.05) is 12.9 Å². The van der Waals surface area contributed by atoms with Crippen molar-refractivity contribution in [3.8, 4) is 22.8 Å². The fourth-order valence-corrected chi connectivity index (χ4v) is 5.05. The van der Waals surface area contributed by atoms with E-state index in [4.69, 9.17) is 4.74 Å². The number of nitrogens with one attached hydrogen (secondary N) is 1. The molecule has 4 aromatic rings. The van der Waals surface area contributed by atoms with Crippen molar-refractivity contribution in [1.29, 1.82) is 0 Å². The van der Waals surface area contributed by atoms with Crippen LogP contribution in [0.1, 0.15) is 30.0 Å². The van der Waals surface area contributed by atoms with Gasteiger partial charge in [-0.25, -0.2) is 0 Å². The summed E-state index contributed by atoms with van der Waals surface area (Å²) in [4.78, 5) is 17.0. The molecule has 1 atom stereocenters. The topological polar surface area (TPSA) is 81.9 Å². The Hall–Kier alpha value is -3.65. The highest BCUT2D eigenvalue weighted by Crippen LogP contribution is 2.31. The molecule has 1 amide bonds. The summed E-state index contributed by atoms with van der Waals surface area (Å²) in [6.45, 7) is 0. The Morgan fingerprint density at radius 1 is 1.09 bits per heavy atom. The van der Waals surface area contributed by atoms with Gasteiger partial charge in [-0.15, -0.1) is 10.2 Å². The summed E-state index contributed by atoms with van der Waals surface area (Å²) in [5.41, 5.74) is 4.34. The number of amides is 1. The van der Waals surface area contributed by atoms with E-state index < -0.39 is 0 Å². The second-order valence-corrected chi connectivity index (χ2v) is 9.02. The van der Waals surface area contributed by atoms with Crippen LogP contribution < -0.4 is 10.1 Å². The van der Waals surface area contributed by atoms with Gasteiger partial charge in [-0.2, -0.15) is 0 Å². The van der Waals surface area contributed by atoms with E-state index in [1.54, 1.807) is 19.5 Å². The van der Waals surface area contributed by atoms with Gasteiger partial charge in [0.05, 0.1) is 18.9 Å². The lowest BCUT2D eigenvalue weighted by molar-refractivity contribution is -0.119. The van der Waals surface area contributed by atoms with Crippen LogP contribution in [0.25, 0.3) is 17.1 Å². The van der Waals surface area contributed by atoms with E-state index in [2.05, 4.69) is 38.7 Å². The maximum Gasteiger partial charge on any atom is 0.230 e. The largest absolute Gasteiger partial charge is 0.497 e. The molecule has 8 heteroatoms. The number of methoxy groups -OCH3 is 1. The van der Waals surface area contributed by atoms with Gasteiger partial charge in [0.15, 0.2) is 11.0 Å². The van der Waals surface area contributed by atoms with Crippen LogP contribution >= 0.6 is 11.8 Å². The maximum atomic E-state index is 12.9. The average molecular weight is 472 g/mol. The molecule has 2 heterocycles. The van der Waals surface area contributed by atoms with Crippen LogP contribution in [0.15, 0.2) is 78.2 Å². The first-order valence-corrected chi connectivity index (χ1v) is 12.2. The number of aromatic nitrogens is 4. The zero-order valence-electron chi connectivity index (χ0n) is 18.8. The second kappa shape index (κ2) is 10.1. The fraction of sp³-hybridized carbons (Fsp3) is 0.231. The maximum absolute atomic E-state index is 12.9. The summed E-state index contributed by atoms with van der Waals surface area (Å²) < 4.78 is 7.26. The van der Waals surface area contributed by atoms with E-state index in [1.807, 2.05) is 47.0 Å². The Labute approximate surface area is 202 Å². The number of pyridine rings is 1. The summed E-state index contributed by atoms with van der Waals surface area (Å²) in [5.74, 6) is 1.70. The molecule has 0 radical (unpaired) electrons. The highest BCUT2D eigenvalue weighted by Gasteiger charge is 2.22. The monoisotopic (exact) mass is 471 g/mol. The number of aryl methyl sites for hydroxylation is 1. The summed E-state index contributed by atoms with van der Waals surface area (Å²) in [7, 11) is 1.64. The molecule has 5 rings (SSSR count). The van der Waals surface area contributed by atoms with Crippen molar-refractivity contribution in [3.63, 3.8) is 0 Å². The first-order valence-electron chi connectivity index (χ1n) is 11.2. The van der Waals surface area contributed by atoms with Crippen molar-refractivity contribution in [1.82, 2.24) is 25.1 Å². The van der Waals surface area contributed by atoms with Crippen LogP contribution in [0.3, 0.4) is 0 Å².